The fourth-order valence-electron chi connectivity index (χ4n) is 0.272. The molecule has 0 aromatic heterocycles. The van der Waals surface area contributed by atoms with Crippen molar-refractivity contribution in [2.75, 3.05) is 0 Å². The monoisotopic (exact) mass is 370 g/mol. The minimum absolute atomic E-state index is 0. The van der Waals surface area contributed by atoms with Crippen molar-refractivity contribution in [3.8, 4) is 0 Å². The number of rotatable bonds is 2. The van der Waals surface area contributed by atoms with Crippen LogP contribution in [0.15, 0.2) is 0 Å². The van der Waals surface area contributed by atoms with Crippen molar-refractivity contribution < 1.29 is 85.2 Å². The first-order valence-electron chi connectivity index (χ1n) is 3.42. The first kappa shape index (κ1) is 36.0. The molecule has 2 unspecified atom stereocenters. The van der Waals surface area contributed by atoms with Crippen LogP contribution in [0.5, 0.6) is 0 Å². The molecule has 0 aliphatic heterocycles. The quantitative estimate of drug-likeness (QED) is 0.549. The van der Waals surface area contributed by atoms with Crippen molar-refractivity contribution in [2.45, 2.75) is 39.9 Å². The van der Waals surface area contributed by atoms with Gasteiger partial charge in [0, 0.05) is 65.4 Å². The van der Waals surface area contributed by atoms with Crippen LogP contribution in [0.3, 0.4) is 0 Å². The minimum Gasteiger partial charge on any atom is -0.545 e. The Morgan fingerprint density at radius 1 is 1.33 bits per heavy atom. The van der Waals surface area contributed by atoms with Crippen molar-refractivity contribution in [1.82, 2.24) is 0 Å². The zero-order chi connectivity index (χ0) is 10.6. The molecule has 6 heteroatoms. The summed E-state index contributed by atoms with van der Waals surface area (Å²) in [7, 11) is 0. The van der Waals surface area contributed by atoms with Crippen LogP contribution in [0.25, 0.3) is 0 Å². The molecule has 88 valence electrons. The Kier molecular flexibility index (Phi) is 86.6. The molecular formula is C9H20O4Y2-2. The molecular weight excluding hydrogens is 350 g/mol. The van der Waals surface area contributed by atoms with Crippen LogP contribution in [0.4, 0.5) is 0 Å². The molecule has 2 radical (unpaired) electrons. The van der Waals surface area contributed by atoms with Gasteiger partial charge >= 0.3 is 0 Å². The van der Waals surface area contributed by atoms with Crippen molar-refractivity contribution >= 4 is 13.1 Å². The summed E-state index contributed by atoms with van der Waals surface area (Å²) in [6, 6.07) is 0. The maximum absolute atomic E-state index is 8.81. The average molecular weight is 370 g/mol. The molecule has 2 N–H and O–H groups in total. The summed E-state index contributed by atoms with van der Waals surface area (Å²) in [6.45, 7) is 9.70. The molecule has 0 rings (SSSR count). The first-order valence-corrected chi connectivity index (χ1v) is 3.42. The zero-order valence-corrected chi connectivity index (χ0v) is 14.3. The topological polar surface area (TPSA) is 74.6 Å². The Morgan fingerprint density at radius 2 is 1.53 bits per heavy atom. The van der Waals surface area contributed by atoms with Crippen molar-refractivity contribution in [1.29, 1.82) is 0 Å². The van der Waals surface area contributed by atoms with E-state index < -0.39 is 12.2 Å². The maximum atomic E-state index is 8.81. The summed E-state index contributed by atoms with van der Waals surface area (Å²) in [4.78, 5) is 16.6. The molecule has 15 heavy (non-hydrogen) atoms. The molecule has 0 aromatic rings. The van der Waals surface area contributed by atoms with E-state index in [1.165, 1.54) is 6.92 Å². The second kappa shape index (κ2) is 36.1. The molecule has 0 aliphatic carbocycles. The van der Waals surface area contributed by atoms with E-state index in [4.69, 9.17) is 19.8 Å². The fraction of sp³-hybridized carbons (Fsp3) is 0.667. The van der Waals surface area contributed by atoms with Crippen molar-refractivity contribution in [3.05, 3.63) is 6.92 Å². The maximum Gasteiger partial charge on any atom is 0.116 e. The smallest absolute Gasteiger partial charge is 0.116 e. The van der Waals surface area contributed by atoms with E-state index in [-0.39, 0.29) is 72.8 Å². The molecule has 0 aliphatic rings. The summed E-state index contributed by atoms with van der Waals surface area (Å²) >= 11 is 0. The van der Waals surface area contributed by atoms with E-state index >= 15 is 0 Å². The molecule has 0 aromatic carbocycles. The standard InChI is InChI=1S/C5H11O2.C2H4O.CHO.CH4.2Y/c1-3-5(7)4(2)6;1-2-3;1-2;;;/h4-7H,2-3H2,1H3;2H,1H3;1H;1H4;;/q-1;;-1;;;. The van der Waals surface area contributed by atoms with Crippen molar-refractivity contribution in [3.63, 3.8) is 0 Å². The summed E-state index contributed by atoms with van der Waals surface area (Å²) in [6.07, 6.45) is -0.171. The van der Waals surface area contributed by atoms with Gasteiger partial charge in [0.25, 0.3) is 0 Å². The number of hydrogen-bond donors (Lipinski definition) is 2. The summed E-state index contributed by atoms with van der Waals surface area (Å²) < 4.78 is 0. The molecule has 0 bridgehead atoms. The normalized spacial score (nSPS) is 9.93. The van der Waals surface area contributed by atoms with Gasteiger partial charge in [0.15, 0.2) is 0 Å². The van der Waals surface area contributed by atoms with Gasteiger partial charge in [-0.3, -0.25) is 6.79 Å². The third kappa shape index (κ3) is 50.3. The second-order valence-corrected chi connectivity index (χ2v) is 1.78. The van der Waals surface area contributed by atoms with Crippen LogP contribution in [0.2, 0.25) is 0 Å². The molecule has 0 fully saturated rings. The largest absolute Gasteiger partial charge is 0.545 e. The van der Waals surface area contributed by atoms with Gasteiger partial charge in [-0.25, -0.2) is 0 Å². The van der Waals surface area contributed by atoms with Crippen LogP contribution in [-0.4, -0.2) is 35.5 Å². The van der Waals surface area contributed by atoms with Gasteiger partial charge in [-0.05, 0) is 19.4 Å². The van der Waals surface area contributed by atoms with Gasteiger partial charge in [0.1, 0.15) is 6.29 Å². The van der Waals surface area contributed by atoms with Gasteiger partial charge in [-0.2, -0.15) is 0 Å². The first-order chi connectivity index (χ1) is 5.59. The molecule has 0 saturated carbocycles. The summed E-state index contributed by atoms with van der Waals surface area (Å²) in [5, 5.41) is 17.1. The number of aldehydes is 1. The summed E-state index contributed by atoms with van der Waals surface area (Å²) in [5.41, 5.74) is 0. The van der Waals surface area contributed by atoms with E-state index in [0.717, 1.165) is 6.29 Å². The molecule has 0 amide bonds. The Morgan fingerprint density at radius 3 is 1.53 bits per heavy atom. The SMILES string of the molecule is C.CC=O.[CH-]=O.[CH2-]C(O)C(O)CC.[Y].[Y]. The van der Waals surface area contributed by atoms with Gasteiger partial charge in [-0.1, -0.05) is 14.4 Å². The predicted octanol–water partition coefficient (Wildman–Crippen LogP) is 0.514. The number of carbonyl (C=O) groups is 1. The molecule has 0 spiro atoms. The van der Waals surface area contributed by atoms with E-state index in [2.05, 4.69) is 13.7 Å². The van der Waals surface area contributed by atoms with Crippen LogP contribution in [0.1, 0.15) is 27.7 Å². The third-order valence-corrected chi connectivity index (χ3v) is 0.862. The van der Waals surface area contributed by atoms with Crippen LogP contribution in [0, 0.1) is 6.92 Å². The van der Waals surface area contributed by atoms with E-state index in [1.54, 1.807) is 6.92 Å². The number of hydrogen-bond acceptors (Lipinski definition) is 4. The Balaban J connectivity index is -0.0000000224. The Labute approximate surface area is 143 Å². The zero-order valence-electron chi connectivity index (χ0n) is 8.59. The van der Waals surface area contributed by atoms with Gasteiger partial charge in [0.2, 0.25) is 0 Å². The summed E-state index contributed by atoms with van der Waals surface area (Å²) in [5.74, 6) is 0. The number of carbonyl (C=O) groups excluding carboxylic acids is 2. The van der Waals surface area contributed by atoms with Gasteiger partial charge < -0.3 is 26.7 Å². The van der Waals surface area contributed by atoms with Gasteiger partial charge in [0.05, 0.1) is 6.10 Å². The van der Waals surface area contributed by atoms with Crippen LogP contribution < -0.4 is 0 Å². The average Bonchev–Trinajstić information content (AvgIpc) is 2.08. The molecule has 2 atom stereocenters. The minimum atomic E-state index is -0.829. The Hall–Kier alpha value is 1.47. The van der Waals surface area contributed by atoms with Crippen LogP contribution >= 0.6 is 0 Å². The predicted molar refractivity (Wildman–Crippen MR) is 52.9 cm³/mol. The second-order valence-electron chi connectivity index (χ2n) is 1.78. The molecule has 0 saturated heterocycles. The van der Waals surface area contributed by atoms with E-state index in [1.807, 2.05) is 0 Å². The number of aliphatic hydroxyl groups is 2. The van der Waals surface area contributed by atoms with E-state index in [9.17, 15) is 0 Å². The number of aliphatic hydroxyl groups excluding tert-OH is 2. The van der Waals surface area contributed by atoms with Gasteiger partial charge in [-0.15, -0.1) is 0 Å². The van der Waals surface area contributed by atoms with Crippen molar-refractivity contribution in [2.24, 2.45) is 0 Å². The Bertz CT molecular complexity index is 92.2. The van der Waals surface area contributed by atoms with E-state index in [0.29, 0.717) is 6.42 Å². The van der Waals surface area contributed by atoms with Crippen LogP contribution in [-0.2, 0) is 75.0 Å². The third-order valence-electron chi connectivity index (χ3n) is 0.862. The molecule has 4 nitrogen and oxygen atoms in total. The molecule has 0 heterocycles. The fourth-order valence-corrected chi connectivity index (χ4v) is 0.272.